The van der Waals surface area contributed by atoms with Crippen molar-refractivity contribution in [3.63, 3.8) is 0 Å². The van der Waals surface area contributed by atoms with E-state index in [0.29, 0.717) is 5.92 Å². The Morgan fingerprint density at radius 2 is 1.94 bits per heavy atom. The zero-order valence-electron chi connectivity index (χ0n) is 11.6. The highest BCUT2D eigenvalue weighted by atomic mass is 32.1. The predicted molar refractivity (Wildman–Crippen MR) is 77.1 cm³/mol. The van der Waals surface area contributed by atoms with Crippen LogP contribution in [-0.2, 0) is 13.0 Å². The van der Waals surface area contributed by atoms with Crippen molar-refractivity contribution in [2.24, 2.45) is 11.8 Å². The molecule has 4 heteroatoms. The third kappa shape index (κ3) is 3.67. The lowest BCUT2D eigenvalue weighted by molar-refractivity contribution is 0.425. The number of nitrogens with one attached hydrogen (secondary N) is 1. The lowest BCUT2D eigenvalue weighted by Crippen LogP contribution is -2.13. The molecule has 2 rings (SSSR count). The summed E-state index contributed by atoms with van der Waals surface area (Å²) >= 11 is 5.33. The van der Waals surface area contributed by atoms with Gasteiger partial charge < -0.3 is 4.57 Å². The van der Waals surface area contributed by atoms with Gasteiger partial charge in [0.15, 0.2) is 4.77 Å². The first-order valence-electron chi connectivity index (χ1n) is 7.31. The van der Waals surface area contributed by atoms with Crippen molar-refractivity contribution in [1.29, 1.82) is 0 Å². The van der Waals surface area contributed by atoms with Gasteiger partial charge in [0.05, 0.1) is 0 Å². The van der Waals surface area contributed by atoms with Gasteiger partial charge in [-0.1, -0.05) is 52.4 Å². The molecule has 0 amide bonds. The highest BCUT2D eigenvalue weighted by Gasteiger charge is 2.16. The van der Waals surface area contributed by atoms with Crippen molar-refractivity contribution in [3.05, 3.63) is 10.6 Å². The quantitative estimate of drug-likeness (QED) is 0.658. The van der Waals surface area contributed by atoms with Crippen LogP contribution in [0.25, 0.3) is 0 Å². The summed E-state index contributed by atoms with van der Waals surface area (Å²) in [5, 5.41) is 7.40. The van der Waals surface area contributed by atoms with Crippen LogP contribution >= 0.6 is 12.2 Å². The van der Waals surface area contributed by atoms with Gasteiger partial charge in [-0.05, 0) is 24.1 Å². The highest BCUT2D eigenvalue weighted by molar-refractivity contribution is 7.71. The maximum Gasteiger partial charge on any atom is 0.195 e. The highest BCUT2D eigenvalue weighted by Crippen LogP contribution is 2.25. The van der Waals surface area contributed by atoms with E-state index < -0.39 is 0 Å². The molecule has 1 aliphatic rings. The molecule has 0 saturated heterocycles. The summed E-state index contributed by atoms with van der Waals surface area (Å²) in [6.45, 7) is 5.44. The Labute approximate surface area is 115 Å². The second-order valence-corrected chi connectivity index (χ2v) is 6.40. The summed E-state index contributed by atoms with van der Waals surface area (Å²) in [5.41, 5.74) is 0. The Morgan fingerprint density at radius 3 is 2.56 bits per heavy atom. The molecule has 3 nitrogen and oxygen atoms in total. The molecule has 18 heavy (non-hydrogen) atoms. The van der Waals surface area contributed by atoms with E-state index in [1.54, 1.807) is 0 Å². The number of rotatable bonds is 4. The second kappa shape index (κ2) is 6.50. The first kappa shape index (κ1) is 13.8. The number of aromatic nitrogens is 3. The fourth-order valence-corrected chi connectivity index (χ4v) is 3.11. The van der Waals surface area contributed by atoms with Crippen LogP contribution in [0.15, 0.2) is 0 Å². The fraction of sp³-hybridized carbons (Fsp3) is 0.857. The van der Waals surface area contributed by atoms with Gasteiger partial charge >= 0.3 is 0 Å². The van der Waals surface area contributed by atoms with Crippen LogP contribution in [0.5, 0.6) is 0 Å². The zero-order valence-corrected chi connectivity index (χ0v) is 12.4. The topological polar surface area (TPSA) is 33.6 Å². The largest absolute Gasteiger partial charge is 0.304 e. The van der Waals surface area contributed by atoms with E-state index in [1.807, 2.05) is 0 Å². The van der Waals surface area contributed by atoms with E-state index in [1.165, 1.54) is 44.3 Å². The molecule has 1 heterocycles. The number of H-pyrrole nitrogens is 1. The lowest BCUT2D eigenvalue weighted by Gasteiger charge is -2.15. The lowest BCUT2D eigenvalue weighted by atomic mass is 9.96. The number of aromatic amines is 1. The van der Waals surface area contributed by atoms with Gasteiger partial charge in [-0.2, -0.15) is 5.10 Å². The van der Waals surface area contributed by atoms with E-state index in [-0.39, 0.29) is 0 Å². The van der Waals surface area contributed by atoms with Crippen molar-refractivity contribution in [1.82, 2.24) is 14.8 Å². The van der Waals surface area contributed by atoms with Crippen LogP contribution in [0.1, 0.15) is 58.2 Å². The van der Waals surface area contributed by atoms with Crippen LogP contribution < -0.4 is 0 Å². The molecule has 1 saturated carbocycles. The van der Waals surface area contributed by atoms with E-state index in [2.05, 4.69) is 28.6 Å². The SMILES string of the molecule is CC(C)Cn1c(CC2CCCCCC2)n[nH]c1=S. The average Bonchev–Trinajstić information content (AvgIpc) is 2.57. The molecular weight excluding hydrogens is 242 g/mol. The van der Waals surface area contributed by atoms with Gasteiger partial charge in [0, 0.05) is 13.0 Å². The van der Waals surface area contributed by atoms with Crippen molar-refractivity contribution >= 4 is 12.2 Å². The third-order valence-electron chi connectivity index (χ3n) is 3.83. The monoisotopic (exact) mass is 267 g/mol. The Balaban J connectivity index is 2.05. The molecule has 0 unspecified atom stereocenters. The normalized spacial score (nSPS) is 18.2. The number of hydrogen-bond acceptors (Lipinski definition) is 2. The fourth-order valence-electron chi connectivity index (χ4n) is 2.89. The Kier molecular flexibility index (Phi) is 4.98. The van der Waals surface area contributed by atoms with Gasteiger partial charge in [-0.15, -0.1) is 0 Å². The molecule has 1 fully saturated rings. The third-order valence-corrected chi connectivity index (χ3v) is 4.14. The van der Waals surface area contributed by atoms with Gasteiger partial charge in [-0.3, -0.25) is 5.10 Å². The maximum atomic E-state index is 5.33. The van der Waals surface area contributed by atoms with Gasteiger partial charge in [0.1, 0.15) is 5.82 Å². The molecule has 0 bridgehead atoms. The summed E-state index contributed by atoms with van der Waals surface area (Å²) in [6.07, 6.45) is 9.42. The van der Waals surface area contributed by atoms with Crippen LogP contribution in [0, 0.1) is 16.6 Å². The van der Waals surface area contributed by atoms with Gasteiger partial charge in [0.2, 0.25) is 0 Å². The van der Waals surface area contributed by atoms with Gasteiger partial charge in [0.25, 0.3) is 0 Å². The van der Waals surface area contributed by atoms with Crippen LogP contribution in [0.2, 0.25) is 0 Å². The zero-order chi connectivity index (χ0) is 13.0. The second-order valence-electron chi connectivity index (χ2n) is 6.01. The molecule has 102 valence electrons. The van der Waals surface area contributed by atoms with Crippen molar-refractivity contribution in [3.8, 4) is 0 Å². The molecule has 0 spiro atoms. The van der Waals surface area contributed by atoms with Crippen LogP contribution in [0.3, 0.4) is 0 Å². The van der Waals surface area contributed by atoms with Gasteiger partial charge in [-0.25, -0.2) is 0 Å². The molecule has 0 radical (unpaired) electrons. The summed E-state index contributed by atoms with van der Waals surface area (Å²) < 4.78 is 2.98. The molecule has 1 aromatic heterocycles. The van der Waals surface area contributed by atoms with Crippen LogP contribution in [-0.4, -0.2) is 14.8 Å². The van der Waals surface area contributed by atoms with E-state index >= 15 is 0 Å². The average molecular weight is 267 g/mol. The minimum Gasteiger partial charge on any atom is -0.304 e. The van der Waals surface area contributed by atoms with Crippen molar-refractivity contribution < 1.29 is 0 Å². The summed E-state index contributed by atoms with van der Waals surface area (Å²) in [4.78, 5) is 0. The predicted octanol–water partition coefficient (Wildman–Crippen LogP) is 4.11. The summed E-state index contributed by atoms with van der Waals surface area (Å²) in [6, 6.07) is 0. The summed E-state index contributed by atoms with van der Waals surface area (Å²) in [7, 11) is 0. The molecule has 0 aromatic carbocycles. The number of nitrogens with zero attached hydrogens (tertiary/aromatic N) is 2. The molecule has 1 aromatic rings. The van der Waals surface area contributed by atoms with Crippen LogP contribution in [0.4, 0.5) is 0 Å². The van der Waals surface area contributed by atoms with Crippen molar-refractivity contribution in [2.45, 2.75) is 65.3 Å². The number of hydrogen-bond donors (Lipinski definition) is 1. The standard InChI is InChI=1S/C14H25N3S/c1-11(2)10-17-13(15-16-14(17)18)9-12-7-5-3-4-6-8-12/h11-12H,3-10H2,1-2H3,(H,16,18). The minimum absolute atomic E-state index is 0.613. The molecule has 1 N–H and O–H groups in total. The van der Waals surface area contributed by atoms with E-state index in [0.717, 1.165) is 23.7 Å². The molecule has 1 aliphatic carbocycles. The van der Waals surface area contributed by atoms with E-state index in [4.69, 9.17) is 12.2 Å². The van der Waals surface area contributed by atoms with E-state index in [9.17, 15) is 0 Å². The minimum atomic E-state index is 0.613. The molecule has 0 aliphatic heterocycles. The first-order valence-corrected chi connectivity index (χ1v) is 7.71. The molecular formula is C14H25N3S. The summed E-state index contributed by atoms with van der Waals surface area (Å²) in [5.74, 6) is 2.59. The first-order chi connectivity index (χ1) is 8.66. The molecule has 0 atom stereocenters. The van der Waals surface area contributed by atoms with Crippen molar-refractivity contribution in [2.75, 3.05) is 0 Å². The Hall–Kier alpha value is -0.640. The maximum absolute atomic E-state index is 5.33. The Bertz CT molecular complexity index is 411. The smallest absolute Gasteiger partial charge is 0.195 e. The Morgan fingerprint density at radius 1 is 1.28 bits per heavy atom.